The van der Waals surface area contributed by atoms with Crippen molar-refractivity contribution in [2.24, 2.45) is 0 Å². The van der Waals surface area contributed by atoms with Gasteiger partial charge in [-0.2, -0.15) is 0 Å². The summed E-state index contributed by atoms with van der Waals surface area (Å²) in [5.74, 6) is -0.887. The Labute approximate surface area is 139 Å². The minimum atomic E-state index is -0.335. The summed E-state index contributed by atoms with van der Waals surface area (Å²) in [6.45, 7) is 1.86. The van der Waals surface area contributed by atoms with Crippen molar-refractivity contribution in [1.29, 1.82) is 0 Å². The standard InChI is InChI=1S/C17H20FN3O3/c18-13-3-1-2-12(10-13)14-11-19-7-9-20(14)17(24)6-8-21-15(22)4-5-16(21)23/h1-3,10,14,19H,4-9,11H2. The first-order valence-electron chi connectivity index (χ1n) is 8.15. The number of nitrogens with one attached hydrogen (secondary N) is 1. The summed E-state index contributed by atoms with van der Waals surface area (Å²) < 4.78 is 13.5. The van der Waals surface area contributed by atoms with E-state index in [0.29, 0.717) is 19.6 Å². The molecule has 6 nitrogen and oxygen atoms in total. The van der Waals surface area contributed by atoms with Crippen LogP contribution < -0.4 is 5.32 Å². The zero-order valence-corrected chi connectivity index (χ0v) is 13.3. The van der Waals surface area contributed by atoms with Crippen molar-refractivity contribution in [1.82, 2.24) is 15.1 Å². The summed E-state index contributed by atoms with van der Waals surface area (Å²) in [6.07, 6.45) is 0.558. The maximum atomic E-state index is 13.5. The first kappa shape index (κ1) is 16.6. The molecule has 1 aromatic rings. The van der Waals surface area contributed by atoms with Crippen molar-refractivity contribution >= 4 is 17.7 Å². The summed E-state index contributed by atoms with van der Waals surface area (Å²) in [5.41, 5.74) is 0.740. The predicted octanol–water partition coefficient (Wildman–Crippen LogP) is 0.838. The van der Waals surface area contributed by atoms with E-state index in [1.165, 1.54) is 12.1 Å². The number of benzene rings is 1. The van der Waals surface area contributed by atoms with Crippen LogP contribution in [0.15, 0.2) is 24.3 Å². The highest BCUT2D eigenvalue weighted by Crippen LogP contribution is 2.24. The molecule has 3 rings (SSSR count). The number of carbonyl (C=O) groups excluding carboxylic acids is 3. The molecule has 0 aliphatic carbocycles. The quantitative estimate of drug-likeness (QED) is 0.829. The molecular weight excluding hydrogens is 313 g/mol. The molecule has 0 aromatic heterocycles. The van der Waals surface area contributed by atoms with Crippen molar-refractivity contribution in [2.75, 3.05) is 26.2 Å². The Morgan fingerprint density at radius 1 is 1.25 bits per heavy atom. The van der Waals surface area contributed by atoms with Crippen molar-refractivity contribution in [2.45, 2.75) is 25.3 Å². The van der Waals surface area contributed by atoms with E-state index in [9.17, 15) is 18.8 Å². The highest BCUT2D eigenvalue weighted by Gasteiger charge is 2.32. The molecule has 3 amide bonds. The van der Waals surface area contributed by atoms with E-state index in [-0.39, 0.29) is 55.4 Å². The fourth-order valence-corrected chi connectivity index (χ4v) is 3.24. The molecule has 0 spiro atoms. The van der Waals surface area contributed by atoms with Gasteiger partial charge in [-0.3, -0.25) is 19.3 Å². The second-order valence-corrected chi connectivity index (χ2v) is 6.05. The first-order valence-corrected chi connectivity index (χ1v) is 8.15. The van der Waals surface area contributed by atoms with E-state index in [0.717, 1.165) is 10.5 Å². The van der Waals surface area contributed by atoms with Crippen LogP contribution in [-0.2, 0) is 14.4 Å². The Morgan fingerprint density at radius 2 is 2.00 bits per heavy atom. The molecule has 0 radical (unpaired) electrons. The predicted molar refractivity (Wildman–Crippen MR) is 84.3 cm³/mol. The summed E-state index contributed by atoms with van der Waals surface area (Å²) in [5, 5.41) is 3.21. The van der Waals surface area contributed by atoms with Crippen molar-refractivity contribution in [3.05, 3.63) is 35.6 Å². The second-order valence-electron chi connectivity index (χ2n) is 6.05. The van der Waals surface area contributed by atoms with E-state index in [2.05, 4.69) is 5.32 Å². The highest BCUT2D eigenvalue weighted by molar-refractivity contribution is 6.02. The van der Waals surface area contributed by atoms with Crippen LogP contribution in [0.2, 0.25) is 0 Å². The number of hydrogen-bond acceptors (Lipinski definition) is 4. The van der Waals surface area contributed by atoms with Crippen LogP contribution in [0.1, 0.15) is 30.9 Å². The molecule has 128 valence electrons. The number of carbonyl (C=O) groups is 3. The van der Waals surface area contributed by atoms with Gasteiger partial charge in [0.1, 0.15) is 5.82 Å². The van der Waals surface area contributed by atoms with Gasteiger partial charge in [-0.15, -0.1) is 0 Å². The minimum absolute atomic E-state index is 0.100. The summed E-state index contributed by atoms with van der Waals surface area (Å²) in [4.78, 5) is 38.7. The van der Waals surface area contributed by atoms with Gasteiger partial charge in [0.25, 0.3) is 0 Å². The minimum Gasteiger partial charge on any atom is -0.333 e. The van der Waals surface area contributed by atoms with Crippen LogP contribution in [0.3, 0.4) is 0 Å². The van der Waals surface area contributed by atoms with E-state index >= 15 is 0 Å². The fourth-order valence-electron chi connectivity index (χ4n) is 3.24. The van der Waals surface area contributed by atoms with E-state index in [4.69, 9.17) is 0 Å². The van der Waals surface area contributed by atoms with Crippen molar-refractivity contribution in [3.8, 4) is 0 Å². The Hall–Kier alpha value is -2.28. The van der Waals surface area contributed by atoms with E-state index < -0.39 is 0 Å². The molecule has 1 N–H and O–H groups in total. The Balaban J connectivity index is 1.67. The lowest BCUT2D eigenvalue weighted by Crippen LogP contribution is -2.49. The Bertz CT molecular complexity index is 648. The normalized spacial score (nSPS) is 21.5. The number of nitrogens with zero attached hydrogens (tertiary/aromatic N) is 2. The number of hydrogen-bond donors (Lipinski definition) is 1. The van der Waals surface area contributed by atoms with Crippen LogP contribution in [0.5, 0.6) is 0 Å². The topological polar surface area (TPSA) is 69.7 Å². The largest absolute Gasteiger partial charge is 0.333 e. The van der Waals surface area contributed by atoms with Crippen LogP contribution in [-0.4, -0.2) is 53.7 Å². The molecule has 2 fully saturated rings. The molecule has 1 unspecified atom stereocenters. The summed E-state index contributed by atoms with van der Waals surface area (Å²) in [6, 6.07) is 5.99. The molecule has 24 heavy (non-hydrogen) atoms. The van der Waals surface area contributed by atoms with Gasteiger partial charge in [-0.25, -0.2) is 4.39 Å². The average Bonchev–Trinajstić information content (AvgIpc) is 2.91. The van der Waals surface area contributed by atoms with Crippen LogP contribution in [0.25, 0.3) is 0 Å². The highest BCUT2D eigenvalue weighted by atomic mass is 19.1. The lowest BCUT2D eigenvalue weighted by atomic mass is 10.0. The average molecular weight is 333 g/mol. The molecule has 2 aliphatic rings. The molecule has 0 saturated carbocycles. The van der Waals surface area contributed by atoms with Gasteiger partial charge in [0.05, 0.1) is 6.04 Å². The number of rotatable bonds is 4. The molecule has 1 aromatic carbocycles. The summed E-state index contributed by atoms with van der Waals surface area (Å²) in [7, 11) is 0. The van der Waals surface area contributed by atoms with Gasteiger partial charge in [0, 0.05) is 45.4 Å². The number of piperazine rings is 1. The molecule has 7 heteroatoms. The molecule has 2 heterocycles. The van der Waals surface area contributed by atoms with Crippen LogP contribution in [0.4, 0.5) is 4.39 Å². The van der Waals surface area contributed by atoms with Gasteiger partial charge in [0.2, 0.25) is 17.7 Å². The number of likely N-dealkylation sites (tertiary alicyclic amines) is 1. The van der Waals surface area contributed by atoms with Gasteiger partial charge < -0.3 is 10.2 Å². The molecule has 0 bridgehead atoms. The molecular formula is C17H20FN3O3. The number of amides is 3. The number of halogens is 1. The lowest BCUT2D eigenvalue weighted by molar-refractivity contribution is -0.140. The number of imide groups is 1. The van der Waals surface area contributed by atoms with Gasteiger partial charge >= 0.3 is 0 Å². The molecule has 2 aliphatic heterocycles. The van der Waals surface area contributed by atoms with E-state index in [1.807, 2.05) is 0 Å². The van der Waals surface area contributed by atoms with Crippen molar-refractivity contribution in [3.63, 3.8) is 0 Å². The zero-order chi connectivity index (χ0) is 17.1. The molecule has 1 atom stereocenters. The maximum absolute atomic E-state index is 13.5. The van der Waals surface area contributed by atoms with Crippen molar-refractivity contribution < 1.29 is 18.8 Å². The van der Waals surface area contributed by atoms with Gasteiger partial charge in [0.15, 0.2) is 0 Å². The third-order valence-electron chi connectivity index (χ3n) is 4.50. The SMILES string of the molecule is O=C1CCC(=O)N1CCC(=O)N1CCNCC1c1cccc(F)c1. The Morgan fingerprint density at radius 3 is 2.71 bits per heavy atom. The third-order valence-corrected chi connectivity index (χ3v) is 4.50. The summed E-state index contributed by atoms with van der Waals surface area (Å²) >= 11 is 0. The monoisotopic (exact) mass is 333 g/mol. The van der Waals surface area contributed by atoms with Gasteiger partial charge in [-0.05, 0) is 17.7 Å². The Kier molecular flexibility index (Phi) is 4.89. The van der Waals surface area contributed by atoms with Gasteiger partial charge in [-0.1, -0.05) is 12.1 Å². The maximum Gasteiger partial charge on any atom is 0.229 e. The molecule has 2 saturated heterocycles. The smallest absolute Gasteiger partial charge is 0.229 e. The van der Waals surface area contributed by atoms with Crippen LogP contribution in [0, 0.1) is 5.82 Å². The lowest BCUT2D eigenvalue weighted by Gasteiger charge is -2.37. The zero-order valence-electron chi connectivity index (χ0n) is 13.3. The van der Waals surface area contributed by atoms with Crippen LogP contribution >= 0.6 is 0 Å². The third kappa shape index (κ3) is 3.46. The van der Waals surface area contributed by atoms with E-state index in [1.54, 1.807) is 17.0 Å². The second kappa shape index (κ2) is 7.09. The first-order chi connectivity index (χ1) is 11.6. The fraction of sp³-hybridized carbons (Fsp3) is 0.471.